The summed E-state index contributed by atoms with van der Waals surface area (Å²) in [6.07, 6.45) is 1.29. The second-order valence-corrected chi connectivity index (χ2v) is 7.44. The zero-order valence-corrected chi connectivity index (χ0v) is 21.3. The van der Waals surface area contributed by atoms with Crippen LogP contribution in [0.3, 0.4) is 0 Å². The van der Waals surface area contributed by atoms with Crippen molar-refractivity contribution >= 4 is 36.3 Å². The van der Waals surface area contributed by atoms with Gasteiger partial charge in [-0.05, 0) is 37.2 Å². The van der Waals surface area contributed by atoms with E-state index in [0.29, 0.717) is 29.2 Å². The molecule has 184 valence electrons. The van der Waals surface area contributed by atoms with E-state index in [1.807, 2.05) is 18.2 Å². The Bertz CT molecular complexity index is 864. The van der Waals surface area contributed by atoms with Crippen LogP contribution < -0.4 is 23.8 Å². The number of piperazine rings is 1. The van der Waals surface area contributed by atoms with E-state index in [9.17, 15) is 4.79 Å². The normalized spacial score (nSPS) is 13.4. The molecule has 0 aliphatic carbocycles. The number of ether oxygens (including phenoxy) is 4. The van der Waals surface area contributed by atoms with E-state index in [2.05, 4.69) is 15.9 Å². The Morgan fingerprint density at radius 3 is 1.94 bits per heavy atom. The molecular formula is C24H34Cl2N2O5. The van der Waals surface area contributed by atoms with Crippen LogP contribution in [0, 0.1) is 0 Å². The summed E-state index contributed by atoms with van der Waals surface area (Å²) in [6, 6.07) is 11.6. The smallest absolute Gasteiger partial charge is 0.203 e. The minimum absolute atomic E-state index is 0. The van der Waals surface area contributed by atoms with Crippen molar-refractivity contribution in [3.05, 3.63) is 42.0 Å². The summed E-state index contributed by atoms with van der Waals surface area (Å²) in [5.41, 5.74) is 1.72. The number of rotatable bonds is 10. The molecule has 0 unspecified atom stereocenters. The topological polar surface area (TPSA) is 60.5 Å². The van der Waals surface area contributed by atoms with Crippen LogP contribution in [-0.2, 0) is 0 Å². The molecule has 2 aromatic rings. The first-order valence-electron chi connectivity index (χ1n) is 10.5. The van der Waals surface area contributed by atoms with Gasteiger partial charge in [0.1, 0.15) is 5.75 Å². The summed E-state index contributed by atoms with van der Waals surface area (Å²) < 4.78 is 21.5. The summed E-state index contributed by atoms with van der Waals surface area (Å²) in [4.78, 5) is 17.5. The second kappa shape index (κ2) is 14.0. The Balaban J connectivity index is 0.00000272. The van der Waals surface area contributed by atoms with Crippen molar-refractivity contribution in [2.24, 2.45) is 0 Å². The van der Waals surface area contributed by atoms with Gasteiger partial charge in [-0.3, -0.25) is 9.69 Å². The quantitative estimate of drug-likeness (QED) is 0.449. The lowest BCUT2D eigenvalue weighted by Gasteiger charge is -2.36. The number of carbonyl (C=O) groups excluding carboxylic acids is 1. The van der Waals surface area contributed by atoms with Gasteiger partial charge in [-0.25, -0.2) is 0 Å². The Kier molecular flexibility index (Phi) is 12.2. The fourth-order valence-electron chi connectivity index (χ4n) is 3.95. The minimum Gasteiger partial charge on any atom is -0.495 e. The van der Waals surface area contributed by atoms with Crippen molar-refractivity contribution in [1.29, 1.82) is 0 Å². The number of anilines is 1. The Morgan fingerprint density at radius 2 is 1.39 bits per heavy atom. The van der Waals surface area contributed by atoms with E-state index in [1.54, 1.807) is 40.6 Å². The molecule has 0 aromatic heterocycles. The summed E-state index contributed by atoms with van der Waals surface area (Å²) >= 11 is 0. The van der Waals surface area contributed by atoms with Crippen LogP contribution in [0.2, 0.25) is 0 Å². The molecule has 1 aliphatic heterocycles. The third-order valence-electron chi connectivity index (χ3n) is 5.66. The van der Waals surface area contributed by atoms with Crippen LogP contribution in [0.4, 0.5) is 5.69 Å². The van der Waals surface area contributed by atoms with Gasteiger partial charge in [-0.15, -0.1) is 24.8 Å². The molecule has 0 radical (unpaired) electrons. The highest BCUT2D eigenvalue weighted by molar-refractivity contribution is 5.97. The molecule has 1 heterocycles. The van der Waals surface area contributed by atoms with E-state index in [-0.39, 0.29) is 30.6 Å². The molecule has 1 fully saturated rings. The van der Waals surface area contributed by atoms with Gasteiger partial charge in [0.25, 0.3) is 0 Å². The average molecular weight is 501 g/mol. The van der Waals surface area contributed by atoms with Gasteiger partial charge in [-0.2, -0.15) is 0 Å². The predicted molar refractivity (Wildman–Crippen MR) is 136 cm³/mol. The van der Waals surface area contributed by atoms with Crippen molar-refractivity contribution in [3.63, 3.8) is 0 Å². The van der Waals surface area contributed by atoms with Crippen LogP contribution in [-0.4, -0.2) is 71.8 Å². The molecule has 7 nitrogen and oxygen atoms in total. The largest absolute Gasteiger partial charge is 0.495 e. The predicted octanol–water partition coefficient (Wildman–Crippen LogP) is 4.35. The van der Waals surface area contributed by atoms with Crippen molar-refractivity contribution in [2.45, 2.75) is 12.8 Å². The standard InChI is InChI=1S/C24H32N2O5.2ClH/c1-28-21-10-6-5-8-19(21)26-14-12-25(13-15-26)11-7-9-20(27)18-16-22(29-2)24(31-4)23(17-18)30-3;;/h5-6,8,10,16-17H,7,9,11-15H2,1-4H3;2*1H. The van der Waals surface area contributed by atoms with Crippen LogP contribution in [0.25, 0.3) is 0 Å². The molecule has 0 spiro atoms. The number of ketones is 1. The molecule has 9 heteroatoms. The van der Waals surface area contributed by atoms with E-state index < -0.39 is 0 Å². The zero-order chi connectivity index (χ0) is 22.2. The Morgan fingerprint density at radius 1 is 0.818 bits per heavy atom. The molecule has 2 aromatic carbocycles. The maximum atomic E-state index is 12.7. The first kappa shape index (κ1) is 28.7. The third-order valence-corrected chi connectivity index (χ3v) is 5.66. The molecule has 1 saturated heterocycles. The van der Waals surface area contributed by atoms with Gasteiger partial charge < -0.3 is 23.8 Å². The summed E-state index contributed by atoms with van der Waals surface area (Å²) in [7, 11) is 6.36. The summed E-state index contributed by atoms with van der Waals surface area (Å²) in [5.74, 6) is 2.48. The highest BCUT2D eigenvalue weighted by Gasteiger charge is 2.20. The maximum Gasteiger partial charge on any atom is 0.203 e. The zero-order valence-electron chi connectivity index (χ0n) is 19.7. The SMILES string of the molecule is COc1ccccc1N1CCN(CCCC(=O)c2cc(OC)c(OC)c(OC)c2)CC1.Cl.Cl. The molecule has 3 rings (SSSR count). The first-order valence-corrected chi connectivity index (χ1v) is 10.5. The number of Topliss-reactive ketones (excluding diaryl/α,β-unsaturated/α-hetero) is 1. The number of halogens is 2. The van der Waals surface area contributed by atoms with Crippen LogP contribution in [0.15, 0.2) is 36.4 Å². The molecule has 0 N–H and O–H groups in total. The number of benzene rings is 2. The fourth-order valence-corrected chi connectivity index (χ4v) is 3.95. The molecule has 1 aliphatic rings. The monoisotopic (exact) mass is 500 g/mol. The molecule has 0 bridgehead atoms. The summed E-state index contributed by atoms with van der Waals surface area (Å²) in [6.45, 7) is 4.73. The maximum absolute atomic E-state index is 12.7. The van der Waals surface area contributed by atoms with Gasteiger partial charge in [0, 0.05) is 38.2 Å². The minimum atomic E-state index is 0. The Labute approximate surface area is 208 Å². The van der Waals surface area contributed by atoms with Crippen LogP contribution in [0.5, 0.6) is 23.0 Å². The summed E-state index contributed by atoms with van der Waals surface area (Å²) in [5, 5.41) is 0. The number of methoxy groups -OCH3 is 4. The van der Waals surface area contributed by atoms with Crippen molar-refractivity contribution in [2.75, 3.05) is 66.1 Å². The highest BCUT2D eigenvalue weighted by atomic mass is 35.5. The number of carbonyl (C=O) groups is 1. The molecule has 0 amide bonds. The van der Waals surface area contributed by atoms with Gasteiger partial charge in [0.05, 0.1) is 34.1 Å². The lowest BCUT2D eigenvalue weighted by molar-refractivity contribution is 0.0973. The lowest BCUT2D eigenvalue weighted by atomic mass is 10.0. The number of hydrogen-bond acceptors (Lipinski definition) is 7. The molecule has 0 atom stereocenters. The molecule has 33 heavy (non-hydrogen) atoms. The van der Waals surface area contributed by atoms with E-state index in [4.69, 9.17) is 18.9 Å². The molecule has 0 saturated carbocycles. The van der Waals surface area contributed by atoms with Crippen LogP contribution >= 0.6 is 24.8 Å². The average Bonchev–Trinajstić information content (AvgIpc) is 2.83. The van der Waals surface area contributed by atoms with Crippen molar-refractivity contribution in [1.82, 2.24) is 4.90 Å². The van der Waals surface area contributed by atoms with Crippen molar-refractivity contribution in [3.8, 4) is 23.0 Å². The van der Waals surface area contributed by atoms with Gasteiger partial charge in [0.15, 0.2) is 17.3 Å². The van der Waals surface area contributed by atoms with Crippen LogP contribution in [0.1, 0.15) is 23.2 Å². The third kappa shape index (κ3) is 7.06. The number of para-hydroxylation sites is 2. The lowest BCUT2D eigenvalue weighted by Crippen LogP contribution is -2.46. The van der Waals surface area contributed by atoms with E-state index in [0.717, 1.165) is 50.6 Å². The highest BCUT2D eigenvalue weighted by Crippen LogP contribution is 2.38. The molecular weight excluding hydrogens is 467 g/mol. The number of nitrogens with zero attached hydrogens (tertiary/aromatic N) is 2. The first-order chi connectivity index (χ1) is 15.1. The fraction of sp³-hybridized carbons (Fsp3) is 0.458. The van der Waals surface area contributed by atoms with E-state index >= 15 is 0 Å². The second-order valence-electron chi connectivity index (χ2n) is 7.44. The van der Waals surface area contributed by atoms with Gasteiger partial charge >= 0.3 is 0 Å². The Hall–Kier alpha value is -2.35. The van der Waals surface area contributed by atoms with E-state index in [1.165, 1.54) is 0 Å². The van der Waals surface area contributed by atoms with Gasteiger partial charge in [0.2, 0.25) is 5.75 Å². The number of hydrogen-bond donors (Lipinski definition) is 0. The van der Waals surface area contributed by atoms with Gasteiger partial charge in [-0.1, -0.05) is 12.1 Å². The van der Waals surface area contributed by atoms with Crippen molar-refractivity contribution < 1.29 is 23.7 Å².